The molecular formula is C15H18O5. The maximum atomic E-state index is 12.5. The number of rotatable bonds is 1. The van der Waals surface area contributed by atoms with E-state index in [1.54, 1.807) is 6.07 Å². The number of benzene rings is 1. The molecule has 1 aliphatic heterocycles. The number of fused-ring (bicyclic) bond motifs is 2. The molecule has 2 N–H and O–H groups in total. The fourth-order valence-electron chi connectivity index (χ4n) is 3.28. The molecule has 1 aromatic carbocycles. The molecule has 1 aliphatic carbocycles. The Kier molecular flexibility index (Phi) is 3.18. The Morgan fingerprint density at radius 2 is 2.15 bits per heavy atom. The summed E-state index contributed by atoms with van der Waals surface area (Å²) < 4.78 is 10.6. The predicted molar refractivity (Wildman–Crippen MR) is 71.0 cm³/mol. The van der Waals surface area contributed by atoms with E-state index < -0.39 is 6.10 Å². The molecule has 0 unspecified atom stereocenters. The summed E-state index contributed by atoms with van der Waals surface area (Å²) in [4.78, 5) is 12.5. The number of aliphatic hydroxyl groups is 1. The second-order valence-corrected chi connectivity index (χ2v) is 5.57. The molecule has 0 saturated carbocycles. The summed E-state index contributed by atoms with van der Waals surface area (Å²) in [5.74, 6) is -0.396. The fraction of sp³-hybridized carbons (Fsp3) is 0.533. The third kappa shape index (κ3) is 1.89. The average Bonchev–Trinajstić information content (AvgIpc) is 2.43. The van der Waals surface area contributed by atoms with Gasteiger partial charge in [0, 0.05) is 12.0 Å². The standard InChI is InChI=1S/C15H18O5/c1-7-3-9-11(6-20-7)15(18)13-10(14(9)17)4-8(19-2)5-12(13)16/h4-5,7,9,11,14,16-17H,3,6H2,1-2H3/t7-,9-,11-,14+/m1/s1. The number of carbonyl (C=O) groups is 1. The van der Waals surface area contributed by atoms with Crippen molar-refractivity contribution in [2.75, 3.05) is 13.7 Å². The van der Waals surface area contributed by atoms with Crippen LogP contribution in [0.3, 0.4) is 0 Å². The average molecular weight is 278 g/mol. The molecule has 1 heterocycles. The number of carbonyl (C=O) groups excluding carboxylic acids is 1. The highest BCUT2D eigenvalue weighted by Crippen LogP contribution is 2.46. The maximum Gasteiger partial charge on any atom is 0.172 e. The third-order valence-electron chi connectivity index (χ3n) is 4.35. The normalized spacial score (nSPS) is 32.5. The lowest BCUT2D eigenvalue weighted by atomic mass is 9.70. The minimum absolute atomic E-state index is 0.0273. The van der Waals surface area contributed by atoms with Crippen LogP contribution in [0.15, 0.2) is 12.1 Å². The summed E-state index contributed by atoms with van der Waals surface area (Å²) >= 11 is 0. The molecule has 0 amide bonds. The summed E-state index contributed by atoms with van der Waals surface area (Å²) in [5, 5.41) is 20.6. The van der Waals surface area contributed by atoms with Crippen LogP contribution in [0.2, 0.25) is 0 Å². The molecule has 108 valence electrons. The van der Waals surface area contributed by atoms with Crippen molar-refractivity contribution in [3.05, 3.63) is 23.3 Å². The molecule has 4 atom stereocenters. The van der Waals surface area contributed by atoms with Crippen LogP contribution in [0.1, 0.15) is 35.4 Å². The minimum atomic E-state index is -0.778. The highest BCUT2D eigenvalue weighted by Gasteiger charge is 2.45. The first-order valence-electron chi connectivity index (χ1n) is 6.77. The lowest BCUT2D eigenvalue weighted by Crippen LogP contribution is -2.43. The molecule has 1 saturated heterocycles. The monoisotopic (exact) mass is 278 g/mol. The van der Waals surface area contributed by atoms with Crippen molar-refractivity contribution in [1.82, 2.24) is 0 Å². The Bertz CT molecular complexity index is 553. The van der Waals surface area contributed by atoms with Crippen LogP contribution in [0.5, 0.6) is 11.5 Å². The van der Waals surface area contributed by atoms with Gasteiger partial charge in [-0.3, -0.25) is 4.79 Å². The summed E-state index contributed by atoms with van der Waals surface area (Å²) in [6.07, 6.45) is -0.117. The summed E-state index contributed by atoms with van der Waals surface area (Å²) in [5.41, 5.74) is 0.667. The summed E-state index contributed by atoms with van der Waals surface area (Å²) in [6, 6.07) is 3.03. The van der Waals surface area contributed by atoms with Gasteiger partial charge in [0.1, 0.15) is 11.5 Å². The number of ketones is 1. The van der Waals surface area contributed by atoms with Gasteiger partial charge >= 0.3 is 0 Å². The molecule has 1 aromatic rings. The van der Waals surface area contributed by atoms with Crippen LogP contribution in [0.4, 0.5) is 0 Å². The van der Waals surface area contributed by atoms with E-state index >= 15 is 0 Å². The molecule has 1 fully saturated rings. The first kappa shape index (κ1) is 13.4. The molecule has 0 radical (unpaired) electrons. The van der Waals surface area contributed by atoms with Crippen LogP contribution in [-0.4, -0.2) is 35.8 Å². The number of phenols is 1. The number of hydrogen-bond acceptors (Lipinski definition) is 5. The van der Waals surface area contributed by atoms with Gasteiger partial charge in [0.2, 0.25) is 0 Å². The molecule has 0 bridgehead atoms. The van der Waals surface area contributed by atoms with Crippen molar-refractivity contribution in [3.8, 4) is 11.5 Å². The number of ether oxygens (including phenoxy) is 2. The van der Waals surface area contributed by atoms with E-state index in [9.17, 15) is 15.0 Å². The van der Waals surface area contributed by atoms with Crippen LogP contribution in [0.25, 0.3) is 0 Å². The number of phenolic OH excluding ortho intramolecular Hbond substituents is 1. The van der Waals surface area contributed by atoms with Crippen LogP contribution >= 0.6 is 0 Å². The van der Waals surface area contributed by atoms with Gasteiger partial charge in [0.05, 0.1) is 37.4 Å². The van der Waals surface area contributed by atoms with Crippen molar-refractivity contribution in [2.45, 2.75) is 25.6 Å². The smallest absolute Gasteiger partial charge is 0.172 e. The molecule has 3 rings (SSSR count). The van der Waals surface area contributed by atoms with E-state index in [4.69, 9.17) is 9.47 Å². The van der Waals surface area contributed by atoms with Gasteiger partial charge in [-0.05, 0) is 25.0 Å². The fourth-order valence-corrected chi connectivity index (χ4v) is 3.28. The largest absolute Gasteiger partial charge is 0.507 e. The lowest BCUT2D eigenvalue weighted by molar-refractivity contribution is -0.0688. The summed E-state index contributed by atoms with van der Waals surface area (Å²) in [6.45, 7) is 2.23. The predicted octanol–water partition coefficient (Wildman–Crippen LogP) is 1.67. The van der Waals surface area contributed by atoms with E-state index in [1.807, 2.05) is 6.92 Å². The van der Waals surface area contributed by atoms with Gasteiger partial charge in [0.15, 0.2) is 5.78 Å². The number of aromatic hydroxyl groups is 1. The van der Waals surface area contributed by atoms with Gasteiger partial charge in [-0.2, -0.15) is 0 Å². The topological polar surface area (TPSA) is 76.0 Å². The molecule has 2 aliphatic rings. The number of methoxy groups -OCH3 is 1. The van der Waals surface area contributed by atoms with Gasteiger partial charge in [0.25, 0.3) is 0 Å². The van der Waals surface area contributed by atoms with Crippen molar-refractivity contribution in [2.24, 2.45) is 11.8 Å². The molecule has 20 heavy (non-hydrogen) atoms. The van der Waals surface area contributed by atoms with Crippen molar-refractivity contribution >= 4 is 5.78 Å². The number of Topliss-reactive ketones (excluding diaryl/α,β-unsaturated/α-hetero) is 1. The molecule has 0 aromatic heterocycles. The van der Waals surface area contributed by atoms with E-state index in [-0.39, 0.29) is 35.0 Å². The lowest BCUT2D eigenvalue weighted by Gasteiger charge is -2.41. The molecule has 5 nitrogen and oxygen atoms in total. The minimum Gasteiger partial charge on any atom is -0.507 e. The SMILES string of the molecule is COc1cc(O)c2c(c1)[C@@H](O)[C@@H]1C[C@@H](C)OC[C@H]1C2=O. The highest BCUT2D eigenvalue weighted by molar-refractivity contribution is 6.03. The first-order chi connectivity index (χ1) is 9.52. The van der Waals surface area contributed by atoms with E-state index in [2.05, 4.69) is 0 Å². The molecule has 5 heteroatoms. The first-order valence-corrected chi connectivity index (χ1v) is 6.77. The highest BCUT2D eigenvalue weighted by atomic mass is 16.5. The van der Waals surface area contributed by atoms with Gasteiger partial charge in [-0.15, -0.1) is 0 Å². The second-order valence-electron chi connectivity index (χ2n) is 5.57. The van der Waals surface area contributed by atoms with E-state index in [0.717, 1.165) is 0 Å². The van der Waals surface area contributed by atoms with E-state index in [1.165, 1.54) is 13.2 Å². The van der Waals surface area contributed by atoms with Gasteiger partial charge in [-0.1, -0.05) is 0 Å². The quantitative estimate of drug-likeness (QED) is 0.817. The zero-order chi connectivity index (χ0) is 14.4. The Labute approximate surface area is 117 Å². The van der Waals surface area contributed by atoms with Crippen LogP contribution in [0, 0.1) is 11.8 Å². The second kappa shape index (κ2) is 4.75. The van der Waals surface area contributed by atoms with Crippen molar-refractivity contribution < 1.29 is 24.5 Å². The summed E-state index contributed by atoms with van der Waals surface area (Å²) in [7, 11) is 1.48. The van der Waals surface area contributed by atoms with Crippen LogP contribution in [-0.2, 0) is 4.74 Å². The van der Waals surface area contributed by atoms with Crippen molar-refractivity contribution in [1.29, 1.82) is 0 Å². The zero-order valence-electron chi connectivity index (χ0n) is 11.5. The molecule has 0 spiro atoms. The molecular weight excluding hydrogens is 260 g/mol. The maximum absolute atomic E-state index is 12.5. The number of hydrogen-bond donors (Lipinski definition) is 2. The Morgan fingerprint density at radius 3 is 2.85 bits per heavy atom. The van der Waals surface area contributed by atoms with Crippen LogP contribution < -0.4 is 4.74 Å². The third-order valence-corrected chi connectivity index (χ3v) is 4.35. The van der Waals surface area contributed by atoms with Gasteiger partial charge < -0.3 is 19.7 Å². The zero-order valence-corrected chi connectivity index (χ0v) is 11.5. The Balaban J connectivity index is 2.11. The number of aliphatic hydroxyl groups excluding tert-OH is 1. The van der Waals surface area contributed by atoms with Gasteiger partial charge in [-0.25, -0.2) is 0 Å². The Hall–Kier alpha value is -1.59. The Morgan fingerprint density at radius 1 is 1.40 bits per heavy atom. The van der Waals surface area contributed by atoms with E-state index in [0.29, 0.717) is 24.3 Å². The van der Waals surface area contributed by atoms with Crippen molar-refractivity contribution in [3.63, 3.8) is 0 Å².